The van der Waals surface area contributed by atoms with Crippen LogP contribution in [0.3, 0.4) is 0 Å². The molecule has 1 unspecified atom stereocenters. The molecule has 6 rings (SSSR count). The molecule has 0 saturated heterocycles. The number of nitrogens with one attached hydrogen (secondary N) is 1. The predicted molar refractivity (Wildman–Crippen MR) is 149 cm³/mol. The third-order valence-electron chi connectivity index (χ3n) is 8.30. The Labute approximate surface area is 228 Å². The first-order valence-corrected chi connectivity index (χ1v) is 14.0. The number of nitrogens with zero attached hydrogens (tertiary/aromatic N) is 5. The first kappa shape index (κ1) is 25.6. The van der Waals surface area contributed by atoms with Gasteiger partial charge in [0.05, 0.1) is 12.1 Å². The maximum Gasteiger partial charge on any atom is 0.252 e. The van der Waals surface area contributed by atoms with Crippen LogP contribution in [0.4, 0.5) is 0 Å². The van der Waals surface area contributed by atoms with Crippen molar-refractivity contribution in [3.05, 3.63) is 74.8 Å². The van der Waals surface area contributed by atoms with E-state index in [-0.39, 0.29) is 18.4 Å². The summed E-state index contributed by atoms with van der Waals surface area (Å²) in [5.41, 5.74) is 4.97. The van der Waals surface area contributed by atoms with E-state index in [1.807, 2.05) is 24.3 Å². The van der Waals surface area contributed by atoms with Crippen LogP contribution in [-0.2, 0) is 13.1 Å². The van der Waals surface area contributed by atoms with Gasteiger partial charge in [0.25, 0.3) is 5.56 Å². The van der Waals surface area contributed by atoms with Gasteiger partial charge in [-0.05, 0) is 95.9 Å². The smallest absolute Gasteiger partial charge is 0.252 e. The fourth-order valence-electron chi connectivity index (χ4n) is 6.02. The van der Waals surface area contributed by atoms with E-state index in [0.29, 0.717) is 19.1 Å². The summed E-state index contributed by atoms with van der Waals surface area (Å²) >= 11 is 0. The van der Waals surface area contributed by atoms with Crippen LogP contribution in [0.2, 0.25) is 0 Å². The summed E-state index contributed by atoms with van der Waals surface area (Å²) < 4.78 is 13.2. The molecule has 204 valence electrons. The summed E-state index contributed by atoms with van der Waals surface area (Å²) in [5, 5.41) is 14.2. The highest BCUT2D eigenvalue weighted by molar-refractivity contribution is 5.80. The molecule has 0 spiro atoms. The Hall–Kier alpha value is -3.72. The highest BCUT2D eigenvalue weighted by atomic mass is 16.7. The van der Waals surface area contributed by atoms with Gasteiger partial charge in [-0.15, -0.1) is 5.10 Å². The fraction of sp³-hybridized carbons (Fsp3) is 0.467. The average molecular weight is 529 g/mol. The second kappa shape index (κ2) is 10.8. The third kappa shape index (κ3) is 5.15. The van der Waals surface area contributed by atoms with Crippen LogP contribution < -0.4 is 15.0 Å². The summed E-state index contributed by atoms with van der Waals surface area (Å²) in [6, 6.07) is 12.5. The summed E-state index contributed by atoms with van der Waals surface area (Å²) in [4.78, 5) is 18.8. The summed E-state index contributed by atoms with van der Waals surface area (Å²) in [6.07, 6.45) is 6.67. The minimum absolute atomic E-state index is 0.0665. The van der Waals surface area contributed by atoms with Crippen molar-refractivity contribution >= 4 is 10.9 Å². The van der Waals surface area contributed by atoms with Crippen molar-refractivity contribution < 1.29 is 9.47 Å². The van der Waals surface area contributed by atoms with Gasteiger partial charge in [0.15, 0.2) is 17.3 Å². The van der Waals surface area contributed by atoms with Crippen molar-refractivity contribution in [1.82, 2.24) is 30.1 Å². The highest BCUT2D eigenvalue weighted by Gasteiger charge is 2.29. The number of hydrogen-bond donors (Lipinski definition) is 1. The molecule has 1 N–H and O–H groups in total. The molecule has 4 aromatic rings. The molecular weight excluding hydrogens is 492 g/mol. The second-order valence-electron chi connectivity index (χ2n) is 10.9. The minimum Gasteiger partial charge on any atom is -0.454 e. The van der Waals surface area contributed by atoms with Crippen LogP contribution >= 0.6 is 0 Å². The number of aromatic amines is 1. The molecule has 1 fully saturated rings. The first-order chi connectivity index (χ1) is 19.0. The molecule has 9 heteroatoms. The zero-order valence-electron chi connectivity index (χ0n) is 22.9. The van der Waals surface area contributed by atoms with Crippen molar-refractivity contribution in [2.24, 2.45) is 0 Å². The van der Waals surface area contributed by atoms with E-state index in [9.17, 15) is 4.79 Å². The number of ether oxygens (including phenoxy) is 2. The summed E-state index contributed by atoms with van der Waals surface area (Å²) in [5.74, 6) is 2.38. The van der Waals surface area contributed by atoms with Crippen LogP contribution in [-0.4, -0.2) is 36.9 Å². The lowest BCUT2D eigenvalue weighted by Crippen LogP contribution is -2.33. The molecule has 2 aromatic heterocycles. The van der Waals surface area contributed by atoms with Crippen LogP contribution in [0.1, 0.15) is 85.6 Å². The van der Waals surface area contributed by atoms with E-state index in [1.165, 1.54) is 24.8 Å². The van der Waals surface area contributed by atoms with Gasteiger partial charge in [0.1, 0.15) is 0 Å². The molecule has 0 radical (unpaired) electrons. The molecule has 39 heavy (non-hydrogen) atoms. The fourth-order valence-corrected chi connectivity index (χ4v) is 6.02. The minimum atomic E-state index is -0.0674. The van der Waals surface area contributed by atoms with Crippen molar-refractivity contribution in [3.63, 3.8) is 0 Å². The number of hydrogen-bond acceptors (Lipinski definition) is 7. The topological polar surface area (TPSA) is 98.2 Å². The van der Waals surface area contributed by atoms with Gasteiger partial charge in [0, 0.05) is 24.2 Å². The molecule has 2 aliphatic rings. The molecule has 0 amide bonds. The average Bonchev–Trinajstić information content (AvgIpc) is 3.61. The van der Waals surface area contributed by atoms with Crippen LogP contribution in [0.5, 0.6) is 11.5 Å². The molecular formula is C30H36N6O3. The van der Waals surface area contributed by atoms with Gasteiger partial charge in [0.2, 0.25) is 6.79 Å². The summed E-state index contributed by atoms with van der Waals surface area (Å²) in [6.45, 7) is 7.63. The van der Waals surface area contributed by atoms with Crippen molar-refractivity contribution in [3.8, 4) is 11.5 Å². The van der Waals surface area contributed by atoms with Gasteiger partial charge in [-0.2, -0.15) is 0 Å². The maximum absolute atomic E-state index is 13.3. The Morgan fingerprint density at radius 2 is 1.82 bits per heavy atom. The number of H-pyrrole nitrogens is 1. The molecule has 3 heterocycles. The highest BCUT2D eigenvalue weighted by Crippen LogP contribution is 2.36. The van der Waals surface area contributed by atoms with E-state index in [1.54, 1.807) is 0 Å². The molecule has 9 nitrogen and oxygen atoms in total. The van der Waals surface area contributed by atoms with Gasteiger partial charge in [-0.25, -0.2) is 4.68 Å². The number of benzene rings is 2. The number of tetrazole rings is 1. The Bertz CT molecular complexity index is 1540. The SMILES string of the molecule is CCC(c1nnnn1C1CCCCC1)N(Cc1ccc2c(c1)OCO2)Cc1cc2cc(C)c(C)cc2[nH]c1=O. The Balaban J connectivity index is 1.38. The molecule has 0 bridgehead atoms. The van der Waals surface area contributed by atoms with Crippen molar-refractivity contribution in [2.45, 2.75) is 84.5 Å². The van der Waals surface area contributed by atoms with E-state index >= 15 is 0 Å². The molecule has 1 aliphatic heterocycles. The second-order valence-corrected chi connectivity index (χ2v) is 10.9. The maximum atomic E-state index is 13.3. The quantitative estimate of drug-likeness (QED) is 0.322. The predicted octanol–water partition coefficient (Wildman–Crippen LogP) is 5.52. The molecule has 2 aromatic carbocycles. The third-order valence-corrected chi connectivity index (χ3v) is 8.30. The van der Waals surface area contributed by atoms with Gasteiger partial charge in [-0.1, -0.05) is 32.3 Å². The zero-order valence-corrected chi connectivity index (χ0v) is 22.9. The Morgan fingerprint density at radius 3 is 2.64 bits per heavy atom. The van der Waals surface area contributed by atoms with E-state index in [2.05, 4.69) is 63.0 Å². The van der Waals surface area contributed by atoms with Gasteiger partial charge >= 0.3 is 0 Å². The first-order valence-electron chi connectivity index (χ1n) is 14.0. The zero-order chi connectivity index (χ0) is 26.9. The number of aryl methyl sites for hydroxylation is 2. The van der Waals surface area contributed by atoms with E-state index < -0.39 is 0 Å². The van der Waals surface area contributed by atoms with Crippen molar-refractivity contribution in [2.75, 3.05) is 6.79 Å². The van der Waals surface area contributed by atoms with Gasteiger partial charge < -0.3 is 14.5 Å². The number of rotatable bonds is 8. The molecule has 1 saturated carbocycles. The van der Waals surface area contributed by atoms with Crippen LogP contribution in [0, 0.1) is 13.8 Å². The normalized spacial score (nSPS) is 16.3. The monoisotopic (exact) mass is 528 g/mol. The lowest BCUT2D eigenvalue weighted by Gasteiger charge is -2.32. The largest absolute Gasteiger partial charge is 0.454 e. The number of fused-ring (bicyclic) bond motifs is 2. The van der Waals surface area contributed by atoms with Crippen LogP contribution in [0.25, 0.3) is 10.9 Å². The lowest BCUT2D eigenvalue weighted by atomic mass is 9.95. The van der Waals surface area contributed by atoms with Crippen LogP contribution in [0.15, 0.2) is 41.2 Å². The Kier molecular flexibility index (Phi) is 7.08. The molecule has 1 aliphatic carbocycles. The van der Waals surface area contributed by atoms with E-state index in [0.717, 1.165) is 64.2 Å². The standard InChI is InChI=1S/C30H36N6O3/c1-4-26(29-32-33-34-36(29)24-8-6-5-7-9-24)35(16-21-10-11-27-28(14-21)39-18-38-27)17-23-15-22-12-19(2)20(3)13-25(22)31-30(23)37/h10-15,24,26H,4-9,16-18H2,1-3H3,(H,31,37). The van der Waals surface area contributed by atoms with Gasteiger partial charge in [-0.3, -0.25) is 9.69 Å². The lowest BCUT2D eigenvalue weighted by molar-refractivity contribution is 0.155. The van der Waals surface area contributed by atoms with Crippen molar-refractivity contribution in [1.29, 1.82) is 0 Å². The summed E-state index contributed by atoms with van der Waals surface area (Å²) in [7, 11) is 0. The van der Waals surface area contributed by atoms with E-state index in [4.69, 9.17) is 9.47 Å². The Morgan fingerprint density at radius 1 is 1.03 bits per heavy atom. The number of pyridine rings is 1. The number of aromatic nitrogens is 5. The molecule has 1 atom stereocenters.